The van der Waals surface area contributed by atoms with Crippen molar-refractivity contribution in [1.82, 2.24) is 15.5 Å². The van der Waals surface area contributed by atoms with Crippen molar-refractivity contribution >= 4 is 24.2 Å². The molecule has 0 bridgehead atoms. The average molecular weight is 380 g/mol. The van der Waals surface area contributed by atoms with Crippen LogP contribution in [0.3, 0.4) is 0 Å². The third-order valence-corrected chi connectivity index (χ3v) is 5.46. The molecule has 2 aliphatic rings. The Kier molecular flexibility index (Phi) is 8.39. The van der Waals surface area contributed by atoms with Crippen molar-refractivity contribution in [1.29, 1.82) is 0 Å². The number of nitrogens with one attached hydrogen (secondary N) is 2. The summed E-state index contributed by atoms with van der Waals surface area (Å²) in [6.07, 6.45) is 4.38. The highest BCUT2D eigenvalue weighted by Crippen LogP contribution is 2.20. The van der Waals surface area contributed by atoms with Gasteiger partial charge >= 0.3 is 0 Å². The zero-order valence-electron chi connectivity index (χ0n) is 15.3. The number of piperidine rings is 1. The van der Waals surface area contributed by atoms with Crippen LogP contribution in [0.5, 0.6) is 0 Å². The topological polar surface area (TPSA) is 61.4 Å². The molecule has 26 heavy (non-hydrogen) atoms. The van der Waals surface area contributed by atoms with Crippen molar-refractivity contribution in [3.63, 3.8) is 0 Å². The molecule has 2 fully saturated rings. The van der Waals surface area contributed by atoms with Crippen LogP contribution in [-0.4, -0.2) is 42.9 Å². The van der Waals surface area contributed by atoms with E-state index in [0.717, 1.165) is 37.9 Å². The molecule has 3 rings (SSSR count). The predicted molar refractivity (Wildman–Crippen MR) is 105 cm³/mol. The summed E-state index contributed by atoms with van der Waals surface area (Å²) in [6.45, 7) is 4.14. The minimum absolute atomic E-state index is 0. The van der Waals surface area contributed by atoms with Gasteiger partial charge in [0.2, 0.25) is 11.8 Å². The zero-order chi connectivity index (χ0) is 17.5. The number of halogens is 1. The maximum absolute atomic E-state index is 12.3. The number of nitrogens with zero attached hydrogens (tertiary/aromatic N) is 1. The first-order valence-electron chi connectivity index (χ1n) is 9.52. The van der Waals surface area contributed by atoms with Crippen molar-refractivity contribution in [2.45, 2.75) is 38.6 Å². The minimum Gasteiger partial charge on any atom is -0.352 e. The van der Waals surface area contributed by atoms with Crippen LogP contribution in [0.2, 0.25) is 0 Å². The van der Waals surface area contributed by atoms with Gasteiger partial charge in [-0.2, -0.15) is 0 Å². The monoisotopic (exact) mass is 379 g/mol. The van der Waals surface area contributed by atoms with E-state index in [1.807, 2.05) is 35.2 Å². The maximum Gasteiger partial charge on any atom is 0.223 e. The van der Waals surface area contributed by atoms with E-state index < -0.39 is 0 Å². The van der Waals surface area contributed by atoms with Crippen LogP contribution in [0.15, 0.2) is 30.3 Å². The Hall–Kier alpha value is -1.59. The van der Waals surface area contributed by atoms with Crippen molar-refractivity contribution in [2.75, 3.05) is 26.2 Å². The van der Waals surface area contributed by atoms with E-state index >= 15 is 0 Å². The van der Waals surface area contributed by atoms with Crippen LogP contribution in [0.4, 0.5) is 0 Å². The molecule has 1 aromatic rings. The molecule has 2 saturated heterocycles. The molecule has 0 aliphatic carbocycles. The molecule has 1 unspecified atom stereocenters. The van der Waals surface area contributed by atoms with Gasteiger partial charge in [-0.3, -0.25) is 9.59 Å². The lowest BCUT2D eigenvalue weighted by molar-refractivity contribution is -0.135. The number of carbonyl (C=O) groups excluding carboxylic acids is 2. The summed E-state index contributed by atoms with van der Waals surface area (Å²) in [5.41, 5.74) is 1.12. The second kappa shape index (κ2) is 10.5. The number of hydrogen-bond donors (Lipinski definition) is 2. The van der Waals surface area contributed by atoms with Crippen LogP contribution < -0.4 is 10.6 Å². The summed E-state index contributed by atoms with van der Waals surface area (Å²) < 4.78 is 0. The highest BCUT2D eigenvalue weighted by Gasteiger charge is 2.27. The number of likely N-dealkylation sites (tertiary alicyclic amines) is 1. The SMILES string of the molecule is Cl.O=C(NCc1ccccc1)C1CCN(C(=O)CCC2CCNC2)CC1. The van der Waals surface area contributed by atoms with Crippen molar-refractivity contribution in [3.05, 3.63) is 35.9 Å². The van der Waals surface area contributed by atoms with Gasteiger partial charge in [0.15, 0.2) is 0 Å². The lowest BCUT2D eigenvalue weighted by Gasteiger charge is -2.31. The summed E-state index contributed by atoms with van der Waals surface area (Å²) in [5, 5.41) is 6.37. The lowest BCUT2D eigenvalue weighted by atomic mass is 9.95. The molecule has 2 amide bonds. The van der Waals surface area contributed by atoms with Gasteiger partial charge in [0, 0.05) is 32.0 Å². The van der Waals surface area contributed by atoms with Crippen LogP contribution in [0, 0.1) is 11.8 Å². The van der Waals surface area contributed by atoms with Gasteiger partial charge in [-0.05, 0) is 50.3 Å². The number of hydrogen-bond acceptors (Lipinski definition) is 3. The summed E-state index contributed by atoms with van der Waals surface area (Å²) >= 11 is 0. The number of rotatable bonds is 6. The molecule has 0 aromatic heterocycles. The van der Waals surface area contributed by atoms with E-state index in [1.165, 1.54) is 6.42 Å². The average Bonchev–Trinajstić information content (AvgIpc) is 3.19. The first-order valence-corrected chi connectivity index (χ1v) is 9.52. The molecule has 0 saturated carbocycles. The lowest BCUT2D eigenvalue weighted by Crippen LogP contribution is -2.43. The zero-order valence-corrected chi connectivity index (χ0v) is 16.1. The molecule has 1 atom stereocenters. The Labute approximate surface area is 162 Å². The Morgan fingerprint density at radius 2 is 1.85 bits per heavy atom. The molecular formula is C20H30ClN3O2. The predicted octanol–water partition coefficient (Wildman–Crippen LogP) is 2.35. The van der Waals surface area contributed by atoms with Gasteiger partial charge in [0.25, 0.3) is 0 Å². The van der Waals surface area contributed by atoms with Gasteiger partial charge < -0.3 is 15.5 Å². The quantitative estimate of drug-likeness (QED) is 0.797. The minimum atomic E-state index is 0. The number of carbonyl (C=O) groups is 2. The highest BCUT2D eigenvalue weighted by molar-refractivity contribution is 5.85. The fourth-order valence-electron chi connectivity index (χ4n) is 3.77. The van der Waals surface area contributed by atoms with Crippen LogP contribution in [-0.2, 0) is 16.1 Å². The van der Waals surface area contributed by atoms with Crippen molar-refractivity contribution in [3.8, 4) is 0 Å². The van der Waals surface area contributed by atoms with Gasteiger partial charge in [0.05, 0.1) is 0 Å². The van der Waals surface area contributed by atoms with Gasteiger partial charge in [-0.15, -0.1) is 12.4 Å². The van der Waals surface area contributed by atoms with E-state index in [2.05, 4.69) is 10.6 Å². The fraction of sp³-hybridized carbons (Fsp3) is 0.600. The van der Waals surface area contributed by atoms with E-state index in [9.17, 15) is 9.59 Å². The van der Waals surface area contributed by atoms with E-state index in [-0.39, 0.29) is 30.1 Å². The van der Waals surface area contributed by atoms with Crippen LogP contribution >= 0.6 is 12.4 Å². The number of amides is 2. The first kappa shape index (κ1) is 20.7. The molecule has 2 N–H and O–H groups in total. The Balaban J connectivity index is 0.00000243. The second-order valence-electron chi connectivity index (χ2n) is 7.26. The van der Waals surface area contributed by atoms with Crippen molar-refractivity contribution in [2.24, 2.45) is 11.8 Å². The maximum atomic E-state index is 12.3. The smallest absolute Gasteiger partial charge is 0.223 e. The van der Waals surface area contributed by atoms with Crippen LogP contribution in [0.25, 0.3) is 0 Å². The molecular weight excluding hydrogens is 350 g/mol. The summed E-state index contributed by atoms with van der Waals surface area (Å²) in [6, 6.07) is 9.96. The van der Waals surface area contributed by atoms with Crippen LogP contribution in [0.1, 0.15) is 37.7 Å². The summed E-state index contributed by atoms with van der Waals surface area (Å²) in [5.74, 6) is 1.07. The van der Waals surface area contributed by atoms with E-state index in [4.69, 9.17) is 0 Å². The second-order valence-corrected chi connectivity index (χ2v) is 7.26. The third-order valence-electron chi connectivity index (χ3n) is 5.46. The Morgan fingerprint density at radius 3 is 2.50 bits per heavy atom. The largest absolute Gasteiger partial charge is 0.352 e. The Morgan fingerprint density at radius 1 is 1.12 bits per heavy atom. The third kappa shape index (κ3) is 5.99. The molecule has 144 valence electrons. The van der Waals surface area contributed by atoms with Gasteiger partial charge in [-0.25, -0.2) is 0 Å². The molecule has 1 aromatic carbocycles. The molecule has 2 aliphatic heterocycles. The van der Waals surface area contributed by atoms with E-state index in [0.29, 0.717) is 32.0 Å². The van der Waals surface area contributed by atoms with E-state index in [1.54, 1.807) is 0 Å². The Bertz CT molecular complexity index is 568. The first-order chi connectivity index (χ1) is 12.2. The number of benzene rings is 1. The molecule has 0 radical (unpaired) electrons. The molecule has 6 heteroatoms. The standard InChI is InChI=1S/C20H29N3O2.ClH/c24-19(7-6-17-8-11-21-14-17)23-12-9-18(10-13-23)20(25)22-15-16-4-2-1-3-5-16;/h1-5,17-18,21H,6-15H2,(H,22,25);1H. The van der Waals surface area contributed by atoms with Gasteiger partial charge in [-0.1, -0.05) is 30.3 Å². The van der Waals surface area contributed by atoms with Gasteiger partial charge in [0.1, 0.15) is 0 Å². The van der Waals surface area contributed by atoms with Crippen molar-refractivity contribution < 1.29 is 9.59 Å². The molecule has 5 nitrogen and oxygen atoms in total. The fourth-order valence-corrected chi connectivity index (χ4v) is 3.77. The molecule has 0 spiro atoms. The molecule has 2 heterocycles. The summed E-state index contributed by atoms with van der Waals surface area (Å²) in [4.78, 5) is 26.6. The normalized spacial score (nSPS) is 20.5. The highest BCUT2D eigenvalue weighted by atomic mass is 35.5. The summed E-state index contributed by atoms with van der Waals surface area (Å²) in [7, 11) is 0.